The Morgan fingerprint density at radius 1 is 0.962 bits per heavy atom. The number of hydrogen-bond acceptors (Lipinski definition) is 6. The minimum absolute atomic E-state index is 0.436. The van der Waals surface area contributed by atoms with Gasteiger partial charge in [-0.05, 0) is 31.2 Å². The van der Waals surface area contributed by atoms with Crippen LogP contribution in [0.3, 0.4) is 0 Å². The minimum atomic E-state index is -3.36. The van der Waals surface area contributed by atoms with Gasteiger partial charge in [-0.25, -0.2) is 0 Å². The van der Waals surface area contributed by atoms with Gasteiger partial charge in [0, 0.05) is 46.0 Å². The van der Waals surface area contributed by atoms with Gasteiger partial charge in [0.15, 0.2) is 11.6 Å². The molecule has 140 valence electrons. The predicted molar refractivity (Wildman–Crippen MR) is 103 cm³/mol. The van der Waals surface area contributed by atoms with Crippen LogP contribution in [0.1, 0.15) is 5.56 Å². The average Bonchev–Trinajstić information content (AvgIpc) is 2.64. The Labute approximate surface area is 154 Å². The largest absolute Gasteiger partial charge is 0.352 e. The third-order valence-corrected chi connectivity index (χ3v) is 6.27. The Balaban J connectivity index is 1.60. The Kier molecular flexibility index (Phi) is 5.40. The van der Waals surface area contributed by atoms with E-state index in [-0.39, 0.29) is 0 Å². The Bertz CT molecular complexity index is 829. The van der Waals surface area contributed by atoms with Crippen LogP contribution in [-0.2, 0) is 10.2 Å². The quantitative estimate of drug-likeness (QED) is 0.851. The molecule has 3 rings (SSSR count). The van der Waals surface area contributed by atoms with E-state index in [2.05, 4.69) is 15.5 Å². The van der Waals surface area contributed by atoms with Crippen LogP contribution in [0.15, 0.2) is 36.4 Å². The van der Waals surface area contributed by atoms with Crippen LogP contribution < -0.4 is 10.2 Å². The van der Waals surface area contributed by atoms with E-state index in [0.29, 0.717) is 32.0 Å². The highest BCUT2D eigenvalue weighted by Gasteiger charge is 2.28. The molecule has 1 saturated heterocycles. The normalized spacial score (nSPS) is 16.1. The van der Waals surface area contributed by atoms with Gasteiger partial charge in [0.1, 0.15) is 0 Å². The van der Waals surface area contributed by atoms with Crippen LogP contribution in [0.2, 0.25) is 0 Å². The molecule has 2 heterocycles. The highest BCUT2D eigenvalue weighted by atomic mass is 32.2. The van der Waals surface area contributed by atoms with Crippen molar-refractivity contribution in [2.75, 3.05) is 50.5 Å². The topological polar surface area (TPSA) is 81.7 Å². The summed E-state index contributed by atoms with van der Waals surface area (Å²) in [4.78, 5) is 2.05. The van der Waals surface area contributed by atoms with Gasteiger partial charge >= 0.3 is 0 Å². The standard InChI is InChI=1S/C17H24N6O2S/c1-14-4-6-15(7-5-14)18-16-8-9-17(20-19-16)22-10-12-23(13-11-22)26(24,25)21(2)3/h4-9H,10-13H2,1-3H3,(H,18,19). The predicted octanol–water partition coefficient (Wildman–Crippen LogP) is 1.46. The molecule has 1 aliphatic rings. The summed E-state index contributed by atoms with van der Waals surface area (Å²) >= 11 is 0. The monoisotopic (exact) mass is 376 g/mol. The molecule has 8 nitrogen and oxygen atoms in total. The number of rotatable bonds is 5. The van der Waals surface area contributed by atoms with Crippen molar-refractivity contribution in [2.45, 2.75) is 6.92 Å². The van der Waals surface area contributed by atoms with Gasteiger partial charge in [0.05, 0.1) is 0 Å². The van der Waals surface area contributed by atoms with E-state index in [1.807, 2.05) is 48.2 Å². The van der Waals surface area contributed by atoms with Gasteiger partial charge in [0.2, 0.25) is 0 Å². The Hall–Kier alpha value is -2.23. The fourth-order valence-corrected chi connectivity index (χ4v) is 3.81. The third kappa shape index (κ3) is 4.12. The number of nitrogens with one attached hydrogen (secondary N) is 1. The highest BCUT2D eigenvalue weighted by molar-refractivity contribution is 7.86. The van der Waals surface area contributed by atoms with Crippen LogP contribution in [0.25, 0.3) is 0 Å². The summed E-state index contributed by atoms with van der Waals surface area (Å²) in [6.45, 7) is 4.10. The Morgan fingerprint density at radius 2 is 1.62 bits per heavy atom. The molecule has 0 unspecified atom stereocenters. The number of aryl methyl sites for hydroxylation is 1. The molecule has 1 N–H and O–H groups in total. The van der Waals surface area contributed by atoms with E-state index in [9.17, 15) is 8.42 Å². The minimum Gasteiger partial charge on any atom is -0.352 e. The first kappa shape index (κ1) is 18.6. The number of piperazine rings is 1. The molecule has 1 aromatic heterocycles. The molecule has 26 heavy (non-hydrogen) atoms. The van der Waals surface area contributed by atoms with Gasteiger partial charge in [-0.15, -0.1) is 10.2 Å². The first-order chi connectivity index (χ1) is 12.4. The first-order valence-electron chi connectivity index (χ1n) is 8.46. The van der Waals surface area contributed by atoms with E-state index >= 15 is 0 Å². The van der Waals surface area contributed by atoms with Crippen molar-refractivity contribution in [2.24, 2.45) is 0 Å². The number of aromatic nitrogens is 2. The summed E-state index contributed by atoms with van der Waals surface area (Å²) in [6, 6.07) is 11.8. The molecule has 0 bridgehead atoms. The molecular formula is C17H24N6O2S. The van der Waals surface area contributed by atoms with Crippen molar-refractivity contribution >= 4 is 27.5 Å². The fraction of sp³-hybridized carbons (Fsp3) is 0.412. The van der Waals surface area contributed by atoms with Crippen LogP contribution in [0, 0.1) is 6.92 Å². The lowest BCUT2D eigenvalue weighted by atomic mass is 10.2. The summed E-state index contributed by atoms with van der Waals surface area (Å²) in [5.74, 6) is 1.42. The summed E-state index contributed by atoms with van der Waals surface area (Å²) < 4.78 is 27.1. The number of anilines is 3. The maximum atomic E-state index is 12.2. The highest BCUT2D eigenvalue weighted by Crippen LogP contribution is 2.19. The lowest BCUT2D eigenvalue weighted by molar-refractivity contribution is 0.354. The molecule has 1 fully saturated rings. The van der Waals surface area contributed by atoms with Gasteiger partial charge in [-0.2, -0.15) is 17.0 Å². The Morgan fingerprint density at radius 3 is 2.15 bits per heavy atom. The van der Waals surface area contributed by atoms with E-state index in [1.165, 1.54) is 14.2 Å². The zero-order chi connectivity index (χ0) is 18.7. The molecule has 9 heteroatoms. The van der Waals surface area contributed by atoms with Crippen LogP contribution in [0.4, 0.5) is 17.3 Å². The van der Waals surface area contributed by atoms with Gasteiger partial charge in [-0.1, -0.05) is 17.7 Å². The maximum absolute atomic E-state index is 12.2. The molecular weight excluding hydrogens is 352 g/mol. The lowest BCUT2D eigenvalue weighted by Crippen LogP contribution is -2.51. The maximum Gasteiger partial charge on any atom is 0.281 e. The van der Waals surface area contributed by atoms with Gasteiger partial charge < -0.3 is 10.2 Å². The SMILES string of the molecule is Cc1ccc(Nc2ccc(N3CCN(S(=O)(=O)N(C)C)CC3)nn2)cc1. The van der Waals surface area contributed by atoms with Crippen molar-refractivity contribution in [1.82, 2.24) is 18.8 Å². The lowest BCUT2D eigenvalue weighted by Gasteiger charge is -2.35. The smallest absolute Gasteiger partial charge is 0.281 e. The fourth-order valence-electron chi connectivity index (χ4n) is 2.72. The number of benzene rings is 1. The second-order valence-corrected chi connectivity index (χ2v) is 8.59. The van der Waals surface area contributed by atoms with E-state index < -0.39 is 10.2 Å². The molecule has 0 aliphatic carbocycles. The molecule has 1 aliphatic heterocycles. The average molecular weight is 376 g/mol. The zero-order valence-corrected chi connectivity index (χ0v) is 16.1. The van der Waals surface area contributed by atoms with Crippen LogP contribution >= 0.6 is 0 Å². The molecule has 0 atom stereocenters. The van der Waals surface area contributed by atoms with Crippen LogP contribution in [0.5, 0.6) is 0 Å². The summed E-state index contributed by atoms with van der Waals surface area (Å²) in [7, 11) is -0.259. The third-order valence-electron chi connectivity index (χ3n) is 4.32. The molecule has 0 spiro atoms. The second kappa shape index (κ2) is 7.56. The van der Waals surface area contributed by atoms with Crippen molar-refractivity contribution in [3.8, 4) is 0 Å². The summed E-state index contributed by atoms with van der Waals surface area (Å²) in [5, 5.41) is 11.7. The zero-order valence-electron chi connectivity index (χ0n) is 15.3. The molecule has 2 aromatic rings. The molecule has 0 amide bonds. The first-order valence-corrected chi connectivity index (χ1v) is 9.86. The summed E-state index contributed by atoms with van der Waals surface area (Å²) in [5.41, 5.74) is 2.16. The molecule has 0 saturated carbocycles. The van der Waals surface area contributed by atoms with Crippen LogP contribution in [-0.4, -0.2) is 67.5 Å². The van der Waals surface area contributed by atoms with E-state index in [1.54, 1.807) is 14.1 Å². The molecule has 1 aromatic carbocycles. The summed E-state index contributed by atoms with van der Waals surface area (Å²) in [6.07, 6.45) is 0. The van der Waals surface area contributed by atoms with E-state index in [0.717, 1.165) is 11.5 Å². The van der Waals surface area contributed by atoms with Crippen molar-refractivity contribution < 1.29 is 8.42 Å². The van der Waals surface area contributed by atoms with Crippen molar-refractivity contribution in [3.63, 3.8) is 0 Å². The van der Waals surface area contributed by atoms with Crippen molar-refractivity contribution in [1.29, 1.82) is 0 Å². The molecule has 0 radical (unpaired) electrons. The van der Waals surface area contributed by atoms with Gasteiger partial charge in [0.25, 0.3) is 10.2 Å². The van der Waals surface area contributed by atoms with E-state index in [4.69, 9.17) is 0 Å². The number of nitrogens with zero attached hydrogens (tertiary/aromatic N) is 5. The number of hydrogen-bond donors (Lipinski definition) is 1. The van der Waals surface area contributed by atoms with Gasteiger partial charge in [-0.3, -0.25) is 0 Å². The second-order valence-electron chi connectivity index (χ2n) is 6.44. The van der Waals surface area contributed by atoms with Crippen molar-refractivity contribution in [3.05, 3.63) is 42.0 Å².